The predicted octanol–water partition coefficient (Wildman–Crippen LogP) is 3.82. The molecule has 1 heterocycles. The Morgan fingerprint density at radius 3 is 2.64 bits per heavy atom. The van der Waals surface area contributed by atoms with Crippen molar-refractivity contribution < 1.29 is 0 Å². The topological polar surface area (TPSA) is 12.9 Å². The van der Waals surface area contributed by atoms with Crippen LogP contribution in [-0.2, 0) is 0 Å². The Morgan fingerprint density at radius 2 is 1.93 bits per heavy atom. The molecule has 0 N–H and O–H groups in total. The van der Waals surface area contributed by atoms with E-state index in [4.69, 9.17) is 0 Å². The van der Waals surface area contributed by atoms with Gasteiger partial charge in [-0.2, -0.15) is 0 Å². The fourth-order valence-electron chi connectivity index (χ4n) is 1.47. The number of aromatic nitrogens is 1. The molecule has 1 aromatic heterocycles. The number of aryl methyl sites for hydroxylation is 1. The van der Waals surface area contributed by atoms with Crippen LogP contribution in [0.25, 0.3) is 11.1 Å². The number of nitrogens with zero attached hydrogens (tertiary/aromatic N) is 1. The first-order chi connectivity index (χ1) is 6.77. The number of pyridine rings is 1. The number of halogens is 1. The van der Waals surface area contributed by atoms with Gasteiger partial charge in [0.25, 0.3) is 0 Å². The molecule has 1 nitrogen and oxygen atoms in total. The van der Waals surface area contributed by atoms with E-state index in [2.05, 4.69) is 52.1 Å². The normalized spacial score (nSPS) is 10.1. The third-order valence-corrected chi connectivity index (χ3v) is 2.62. The van der Waals surface area contributed by atoms with Gasteiger partial charge < -0.3 is 0 Å². The Hall–Kier alpha value is -1.15. The van der Waals surface area contributed by atoms with Crippen LogP contribution in [0, 0.1) is 6.92 Å². The maximum atomic E-state index is 4.11. The van der Waals surface area contributed by atoms with E-state index in [1.807, 2.05) is 18.3 Å². The summed E-state index contributed by atoms with van der Waals surface area (Å²) in [6, 6.07) is 12.4. The average Bonchev–Trinajstić information content (AvgIpc) is 2.18. The van der Waals surface area contributed by atoms with Crippen molar-refractivity contribution in [3.05, 3.63) is 52.8 Å². The minimum Gasteiger partial charge on any atom is -0.249 e. The van der Waals surface area contributed by atoms with E-state index in [9.17, 15) is 0 Å². The molecule has 2 aromatic rings. The van der Waals surface area contributed by atoms with Gasteiger partial charge in [0, 0.05) is 6.20 Å². The van der Waals surface area contributed by atoms with E-state index in [1.165, 1.54) is 16.7 Å². The third-order valence-electron chi connectivity index (χ3n) is 2.18. The number of rotatable bonds is 1. The van der Waals surface area contributed by atoms with Crippen molar-refractivity contribution in [1.29, 1.82) is 0 Å². The smallest absolute Gasteiger partial charge is 0.106 e. The molecule has 0 spiro atoms. The van der Waals surface area contributed by atoms with Crippen LogP contribution in [-0.4, -0.2) is 4.98 Å². The van der Waals surface area contributed by atoms with Gasteiger partial charge in [-0.3, -0.25) is 0 Å². The molecule has 0 bridgehead atoms. The molecular weight excluding hydrogens is 238 g/mol. The van der Waals surface area contributed by atoms with Gasteiger partial charge in [-0.25, -0.2) is 4.98 Å². The molecule has 0 unspecified atom stereocenters. The van der Waals surface area contributed by atoms with Crippen LogP contribution in [0.3, 0.4) is 0 Å². The molecular formula is C12H10BrN. The van der Waals surface area contributed by atoms with Crippen molar-refractivity contribution in [2.45, 2.75) is 6.92 Å². The lowest BCUT2D eigenvalue weighted by molar-refractivity contribution is 1.27. The molecule has 0 saturated carbocycles. The molecule has 2 rings (SSSR count). The summed E-state index contributed by atoms with van der Waals surface area (Å²) < 4.78 is 0.873. The van der Waals surface area contributed by atoms with Gasteiger partial charge in [0.1, 0.15) is 4.60 Å². The molecule has 70 valence electrons. The number of benzene rings is 1. The van der Waals surface area contributed by atoms with E-state index < -0.39 is 0 Å². The first kappa shape index (κ1) is 9.41. The molecule has 14 heavy (non-hydrogen) atoms. The van der Waals surface area contributed by atoms with Crippen LogP contribution >= 0.6 is 15.9 Å². The Morgan fingerprint density at radius 1 is 1.14 bits per heavy atom. The van der Waals surface area contributed by atoms with Crippen LogP contribution in [0.2, 0.25) is 0 Å². The van der Waals surface area contributed by atoms with E-state index in [0.29, 0.717) is 0 Å². The summed E-state index contributed by atoms with van der Waals surface area (Å²) in [6.45, 7) is 2.11. The molecule has 0 aliphatic rings. The fraction of sp³-hybridized carbons (Fsp3) is 0.0833. The van der Waals surface area contributed by atoms with Gasteiger partial charge >= 0.3 is 0 Å². The molecule has 0 atom stereocenters. The van der Waals surface area contributed by atoms with Gasteiger partial charge in [-0.1, -0.05) is 24.3 Å². The van der Waals surface area contributed by atoms with E-state index >= 15 is 0 Å². The second kappa shape index (κ2) is 3.93. The number of hydrogen-bond acceptors (Lipinski definition) is 1. The summed E-state index contributed by atoms with van der Waals surface area (Å²) in [7, 11) is 0. The Balaban J connectivity index is 2.55. The molecule has 0 aliphatic carbocycles. The maximum absolute atomic E-state index is 4.11. The average molecular weight is 248 g/mol. The maximum Gasteiger partial charge on any atom is 0.106 e. The quantitative estimate of drug-likeness (QED) is 0.699. The van der Waals surface area contributed by atoms with Crippen molar-refractivity contribution in [1.82, 2.24) is 4.98 Å². The van der Waals surface area contributed by atoms with Gasteiger partial charge in [-0.15, -0.1) is 0 Å². The van der Waals surface area contributed by atoms with Crippen LogP contribution in [0.15, 0.2) is 47.2 Å². The van der Waals surface area contributed by atoms with Crippen molar-refractivity contribution >= 4 is 15.9 Å². The molecule has 0 saturated heterocycles. The van der Waals surface area contributed by atoms with E-state index in [0.717, 1.165) is 4.60 Å². The highest BCUT2D eigenvalue weighted by Gasteiger charge is 2.00. The summed E-state index contributed by atoms with van der Waals surface area (Å²) in [5.41, 5.74) is 3.74. The van der Waals surface area contributed by atoms with Crippen LogP contribution < -0.4 is 0 Å². The summed E-state index contributed by atoms with van der Waals surface area (Å²) >= 11 is 3.37. The van der Waals surface area contributed by atoms with Crippen molar-refractivity contribution in [2.24, 2.45) is 0 Å². The molecule has 2 heteroatoms. The molecule has 0 aliphatic heterocycles. The Labute approximate surface area is 91.9 Å². The molecule has 0 amide bonds. The largest absolute Gasteiger partial charge is 0.249 e. The highest BCUT2D eigenvalue weighted by molar-refractivity contribution is 9.10. The summed E-state index contributed by atoms with van der Waals surface area (Å²) in [4.78, 5) is 4.11. The minimum absolute atomic E-state index is 0.873. The highest BCUT2D eigenvalue weighted by atomic mass is 79.9. The van der Waals surface area contributed by atoms with Gasteiger partial charge in [-0.05, 0) is 51.7 Å². The molecule has 0 fully saturated rings. The third kappa shape index (κ3) is 1.85. The fourth-order valence-corrected chi connectivity index (χ4v) is 1.83. The molecule has 1 aromatic carbocycles. The highest BCUT2D eigenvalue weighted by Crippen LogP contribution is 2.24. The van der Waals surface area contributed by atoms with E-state index in [-0.39, 0.29) is 0 Å². The SMILES string of the molecule is Cc1ccccc1-c1ccnc(Br)c1. The predicted molar refractivity (Wildman–Crippen MR) is 62.1 cm³/mol. The minimum atomic E-state index is 0.873. The van der Waals surface area contributed by atoms with Crippen LogP contribution in [0.5, 0.6) is 0 Å². The lowest BCUT2D eigenvalue weighted by atomic mass is 10.0. The van der Waals surface area contributed by atoms with Crippen LogP contribution in [0.1, 0.15) is 5.56 Å². The van der Waals surface area contributed by atoms with Gasteiger partial charge in [0.2, 0.25) is 0 Å². The van der Waals surface area contributed by atoms with Gasteiger partial charge in [0.15, 0.2) is 0 Å². The zero-order chi connectivity index (χ0) is 9.97. The zero-order valence-corrected chi connectivity index (χ0v) is 9.45. The monoisotopic (exact) mass is 247 g/mol. The standard InChI is InChI=1S/C12H10BrN/c1-9-4-2-3-5-11(9)10-6-7-14-12(13)8-10/h2-8H,1H3. The van der Waals surface area contributed by atoms with Crippen molar-refractivity contribution in [3.63, 3.8) is 0 Å². The molecule has 0 radical (unpaired) electrons. The first-order valence-electron chi connectivity index (χ1n) is 4.45. The van der Waals surface area contributed by atoms with Crippen molar-refractivity contribution in [2.75, 3.05) is 0 Å². The lowest BCUT2D eigenvalue weighted by Crippen LogP contribution is -1.83. The van der Waals surface area contributed by atoms with Gasteiger partial charge in [0.05, 0.1) is 0 Å². The zero-order valence-electron chi connectivity index (χ0n) is 7.87. The lowest BCUT2D eigenvalue weighted by Gasteiger charge is -2.05. The summed E-state index contributed by atoms with van der Waals surface area (Å²) in [6.07, 6.45) is 1.81. The second-order valence-corrected chi connectivity index (χ2v) is 3.99. The van der Waals surface area contributed by atoms with Crippen LogP contribution in [0.4, 0.5) is 0 Å². The first-order valence-corrected chi connectivity index (χ1v) is 5.24. The number of hydrogen-bond donors (Lipinski definition) is 0. The summed E-state index contributed by atoms with van der Waals surface area (Å²) in [5, 5.41) is 0. The van der Waals surface area contributed by atoms with E-state index in [1.54, 1.807) is 0 Å². The Bertz CT molecular complexity index is 452. The Kier molecular flexibility index (Phi) is 2.64. The second-order valence-electron chi connectivity index (χ2n) is 3.18. The summed E-state index contributed by atoms with van der Waals surface area (Å²) in [5.74, 6) is 0. The van der Waals surface area contributed by atoms with Crippen molar-refractivity contribution in [3.8, 4) is 11.1 Å².